The van der Waals surface area contributed by atoms with Crippen LogP contribution >= 0.6 is 0 Å². The number of aromatic nitrogens is 4. The molecule has 2 aromatic heterocycles. The number of fused-ring (bicyclic) bond motifs is 1. The summed E-state index contributed by atoms with van der Waals surface area (Å²) in [5.41, 5.74) is 2.18. The highest BCUT2D eigenvalue weighted by atomic mass is 16.5. The molecule has 0 fully saturated rings. The SMILES string of the molecule is COc1cc(-c2nc3ncncc3[nH]2)cc(OC)c1OC. The van der Waals surface area contributed by atoms with Gasteiger partial charge in [0.05, 0.1) is 27.5 Å². The molecule has 7 nitrogen and oxygen atoms in total. The second kappa shape index (κ2) is 5.28. The summed E-state index contributed by atoms with van der Waals surface area (Å²) in [7, 11) is 4.72. The molecule has 0 spiro atoms. The molecule has 3 rings (SSSR count). The van der Waals surface area contributed by atoms with Gasteiger partial charge in [0.1, 0.15) is 17.7 Å². The van der Waals surface area contributed by atoms with Gasteiger partial charge in [0.2, 0.25) is 5.75 Å². The lowest BCUT2D eigenvalue weighted by Gasteiger charge is -2.13. The van der Waals surface area contributed by atoms with Gasteiger partial charge in [-0.3, -0.25) is 0 Å². The maximum absolute atomic E-state index is 5.34. The Bertz CT molecular complexity index is 727. The normalized spacial score (nSPS) is 10.6. The molecule has 0 unspecified atom stereocenters. The molecule has 21 heavy (non-hydrogen) atoms. The Hall–Kier alpha value is -2.83. The number of ether oxygens (including phenoxy) is 3. The highest BCUT2D eigenvalue weighted by Gasteiger charge is 2.16. The maximum Gasteiger partial charge on any atom is 0.203 e. The molecule has 7 heteroatoms. The zero-order valence-electron chi connectivity index (χ0n) is 11.9. The van der Waals surface area contributed by atoms with E-state index in [2.05, 4.69) is 19.9 Å². The van der Waals surface area contributed by atoms with Gasteiger partial charge in [-0.1, -0.05) is 0 Å². The molecule has 0 saturated heterocycles. The number of imidazole rings is 1. The van der Waals surface area contributed by atoms with Gasteiger partial charge < -0.3 is 19.2 Å². The smallest absolute Gasteiger partial charge is 0.203 e. The van der Waals surface area contributed by atoms with Gasteiger partial charge in [0.15, 0.2) is 17.1 Å². The molecule has 3 aromatic rings. The molecule has 1 N–H and O–H groups in total. The van der Waals surface area contributed by atoms with Crippen LogP contribution in [0.4, 0.5) is 0 Å². The molecule has 0 amide bonds. The fourth-order valence-electron chi connectivity index (χ4n) is 2.12. The Balaban J connectivity index is 2.17. The van der Waals surface area contributed by atoms with Crippen LogP contribution in [-0.2, 0) is 0 Å². The van der Waals surface area contributed by atoms with E-state index in [9.17, 15) is 0 Å². The van der Waals surface area contributed by atoms with E-state index in [-0.39, 0.29) is 0 Å². The summed E-state index contributed by atoms with van der Waals surface area (Å²) in [6.45, 7) is 0. The maximum atomic E-state index is 5.34. The summed E-state index contributed by atoms with van der Waals surface area (Å²) in [6, 6.07) is 3.65. The molecule has 0 saturated carbocycles. The molecule has 0 bridgehead atoms. The van der Waals surface area contributed by atoms with Crippen LogP contribution in [0.3, 0.4) is 0 Å². The first-order valence-electron chi connectivity index (χ1n) is 6.23. The summed E-state index contributed by atoms with van der Waals surface area (Å²) in [4.78, 5) is 15.7. The van der Waals surface area contributed by atoms with E-state index in [0.29, 0.717) is 28.7 Å². The van der Waals surface area contributed by atoms with Crippen molar-refractivity contribution in [2.24, 2.45) is 0 Å². The summed E-state index contributed by atoms with van der Waals surface area (Å²) < 4.78 is 16.0. The fraction of sp³-hybridized carbons (Fsp3) is 0.214. The zero-order chi connectivity index (χ0) is 14.8. The molecule has 0 aliphatic heterocycles. The average Bonchev–Trinajstić information content (AvgIpc) is 2.97. The first-order chi connectivity index (χ1) is 10.3. The monoisotopic (exact) mass is 286 g/mol. The van der Waals surface area contributed by atoms with Crippen LogP contribution in [0.25, 0.3) is 22.6 Å². The lowest BCUT2D eigenvalue weighted by Crippen LogP contribution is -1.96. The molecule has 0 aliphatic rings. The van der Waals surface area contributed by atoms with Gasteiger partial charge in [-0.15, -0.1) is 0 Å². The van der Waals surface area contributed by atoms with Gasteiger partial charge >= 0.3 is 0 Å². The largest absolute Gasteiger partial charge is 0.493 e. The van der Waals surface area contributed by atoms with Crippen LogP contribution in [0.2, 0.25) is 0 Å². The van der Waals surface area contributed by atoms with Gasteiger partial charge in [0.25, 0.3) is 0 Å². The van der Waals surface area contributed by atoms with Gasteiger partial charge in [-0.2, -0.15) is 0 Å². The predicted molar refractivity (Wildman–Crippen MR) is 76.8 cm³/mol. The van der Waals surface area contributed by atoms with Crippen molar-refractivity contribution < 1.29 is 14.2 Å². The second-order valence-corrected chi connectivity index (χ2v) is 4.26. The quantitative estimate of drug-likeness (QED) is 0.790. The number of aromatic amines is 1. The Kier molecular flexibility index (Phi) is 3.31. The highest BCUT2D eigenvalue weighted by molar-refractivity contribution is 5.76. The summed E-state index contributed by atoms with van der Waals surface area (Å²) >= 11 is 0. The third kappa shape index (κ3) is 2.22. The van der Waals surface area contributed by atoms with Gasteiger partial charge in [0, 0.05) is 5.56 Å². The Labute approximate surface area is 120 Å². The number of nitrogens with one attached hydrogen (secondary N) is 1. The van der Waals surface area contributed by atoms with Crippen LogP contribution in [-0.4, -0.2) is 41.3 Å². The van der Waals surface area contributed by atoms with E-state index in [4.69, 9.17) is 14.2 Å². The number of hydrogen-bond acceptors (Lipinski definition) is 6. The van der Waals surface area contributed by atoms with E-state index in [0.717, 1.165) is 11.1 Å². The van der Waals surface area contributed by atoms with Crippen molar-refractivity contribution in [2.45, 2.75) is 0 Å². The molecular formula is C14H14N4O3. The van der Waals surface area contributed by atoms with E-state index in [1.165, 1.54) is 6.33 Å². The third-order valence-electron chi connectivity index (χ3n) is 3.10. The first kappa shape index (κ1) is 13.2. The van der Waals surface area contributed by atoms with Crippen molar-refractivity contribution in [2.75, 3.05) is 21.3 Å². The minimum absolute atomic E-state index is 0.541. The lowest BCUT2D eigenvalue weighted by molar-refractivity contribution is 0.324. The zero-order valence-corrected chi connectivity index (χ0v) is 11.9. The van der Waals surface area contributed by atoms with Crippen molar-refractivity contribution >= 4 is 11.2 Å². The fourth-order valence-corrected chi connectivity index (χ4v) is 2.12. The van der Waals surface area contributed by atoms with Crippen molar-refractivity contribution in [1.29, 1.82) is 0 Å². The number of rotatable bonds is 4. The number of H-pyrrole nitrogens is 1. The summed E-state index contributed by atoms with van der Waals surface area (Å²) in [6.07, 6.45) is 3.14. The van der Waals surface area contributed by atoms with Gasteiger partial charge in [-0.25, -0.2) is 15.0 Å². The van der Waals surface area contributed by atoms with Crippen molar-refractivity contribution in [1.82, 2.24) is 19.9 Å². The first-order valence-corrected chi connectivity index (χ1v) is 6.23. The predicted octanol–water partition coefficient (Wildman–Crippen LogP) is 2.05. The third-order valence-corrected chi connectivity index (χ3v) is 3.10. The minimum Gasteiger partial charge on any atom is -0.493 e. The molecule has 1 aromatic carbocycles. The second-order valence-electron chi connectivity index (χ2n) is 4.26. The summed E-state index contributed by atoms with van der Waals surface area (Å²) in [5, 5.41) is 0. The number of hydrogen-bond donors (Lipinski definition) is 1. The number of nitrogens with zero attached hydrogens (tertiary/aromatic N) is 3. The van der Waals surface area contributed by atoms with E-state index < -0.39 is 0 Å². The Morgan fingerprint density at radius 2 is 1.71 bits per heavy atom. The Morgan fingerprint density at radius 3 is 2.29 bits per heavy atom. The highest BCUT2D eigenvalue weighted by Crippen LogP contribution is 2.40. The van der Waals surface area contributed by atoms with Crippen LogP contribution in [0.15, 0.2) is 24.7 Å². The van der Waals surface area contributed by atoms with E-state index in [1.807, 2.05) is 12.1 Å². The minimum atomic E-state index is 0.541. The Morgan fingerprint density at radius 1 is 1.00 bits per heavy atom. The molecule has 2 heterocycles. The number of methoxy groups -OCH3 is 3. The van der Waals surface area contributed by atoms with Crippen LogP contribution in [0.5, 0.6) is 17.2 Å². The van der Waals surface area contributed by atoms with Crippen LogP contribution < -0.4 is 14.2 Å². The van der Waals surface area contributed by atoms with Crippen molar-refractivity contribution in [3.8, 4) is 28.6 Å². The topological polar surface area (TPSA) is 82.2 Å². The standard InChI is InChI=1S/C14H14N4O3/c1-19-10-4-8(5-11(20-2)12(10)21-3)13-17-9-6-15-7-16-14(9)18-13/h4-7H,1-3H3,(H,15,16,17,18). The average molecular weight is 286 g/mol. The van der Waals surface area contributed by atoms with Gasteiger partial charge in [-0.05, 0) is 12.1 Å². The molecule has 108 valence electrons. The summed E-state index contributed by atoms with van der Waals surface area (Å²) in [5.74, 6) is 2.33. The van der Waals surface area contributed by atoms with Crippen LogP contribution in [0, 0.1) is 0 Å². The van der Waals surface area contributed by atoms with E-state index in [1.54, 1.807) is 27.5 Å². The van der Waals surface area contributed by atoms with Crippen molar-refractivity contribution in [3.05, 3.63) is 24.7 Å². The molecule has 0 radical (unpaired) electrons. The molecular weight excluding hydrogens is 272 g/mol. The number of benzene rings is 1. The van der Waals surface area contributed by atoms with Crippen molar-refractivity contribution in [3.63, 3.8) is 0 Å². The lowest BCUT2D eigenvalue weighted by atomic mass is 10.1. The van der Waals surface area contributed by atoms with Crippen LogP contribution in [0.1, 0.15) is 0 Å². The van der Waals surface area contributed by atoms with E-state index >= 15 is 0 Å². The molecule has 0 atom stereocenters. The molecule has 0 aliphatic carbocycles.